The Kier molecular flexibility index (Phi) is 6.52. The molecule has 3 aromatic rings. The summed E-state index contributed by atoms with van der Waals surface area (Å²) < 4.78 is 20.2. The van der Waals surface area contributed by atoms with Crippen LogP contribution in [0.2, 0.25) is 5.02 Å². The lowest BCUT2D eigenvalue weighted by Gasteiger charge is -2.19. The molecule has 0 aliphatic heterocycles. The van der Waals surface area contributed by atoms with Crippen molar-refractivity contribution in [2.45, 2.75) is 26.9 Å². The largest absolute Gasteiger partial charge is 0.462 e. The van der Waals surface area contributed by atoms with E-state index >= 15 is 0 Å². The molecule has 7 nitrogen and oxygen atoms in total. The first kappa shape index (κ1) is 21.9. The maximum atomic E-state index is 14.0. The van der Waals surface area contributed by atoms with E-state index in [2.05, 4.69) is 4.98 Å². The van der Waals surface area contributed by atoms with Crippen molar-refractivity contribution >= 4 is 45.0 Å². The van der Waals surface area contributed by atoms with Crippen molar-refractivity contribution in [1.29, 1.82) is 0 Å². The average molecular weight is 452 g/mol. The second kappa shape index (κ2) is 8.93. The highest BCUT2D eigenvalue weighted by Gasteiger charge is 2.21. The van der Waals surface area contributed by atoms with Crippen molar-refractivity contribution < 1.29 is 18.7 Å². The zero-order valence-electron chi connectivity index (χ0n) is 16.6. The molecule has 0 radical (unpaired) electrons. The van der Waals surface area contributed by atoms with Crippen LogP contribution in [0.3, 0.4) is 0 Å². The van der Waals surface area contributed by atoms with E-state index in [1.54, 1.807) is 19.9 Å². The summed E-state index contributed by atoms with van der Waals surface area (Å²) in [6, 6.07) is 4.29. The number of hydrogen-bond acceptors (Lipinski definition) is 6. The van der Waals surface area contributed by atoms with Gasteiger partial charge in [0, 0.05) is 24.2 Å². The number of thiophene rings is 1. The molecule has 2 aromatic heterocycles. The van der Waals surface area contributed by atoms with Gasteiger partial charge in [-0.1, -0.05) is 17.7 Å². The highest BCUT2D eigenvalue weighted by atomic mass is 35.5. The van der Waals surface area contributed by atoms with Crippen LogP contribution in [0.15, 0.2) is 29.3 Å². The summed E-state index contributed by atoms with van der Waals surface area (Å²) in [4.78, 5) is 43.8. The average Bonchev–Trinajstić information content (AvgIpc) is 3.04. The SMILES string of the molecule is CCOC(=O)c1sc2ncn(CC(=O)N(C)Cc3c(F)cccc3Cl)c(=O)c2c1C. The number of aromatic nitrogens is 2. The molecule has 0 unspecified atom stereocenters. The number of esters is 1. The van der Waals surface area contributed by atoms with Crippen molar-refractivity contribution in [1.82, 2.24) is 14.5 Å². The number of aryl methyl sites for hydroxylation is 1. The summed E-state index contributed by atoms with van der Waals surface area (Å²) in [5.74, 6) is -1.44. The lowest BCUT2D eigenvalue weighted by atomic mass is 10.2. The first-order valence-electron chi connectivity index (χ1n) is 9.07. The first-order chi connectivity index (χ1) is 14.2. The molecule has 1 aromatic carbocycles. The van der Waals surface area contributed by atoms with Crippen LogP contribution in [0.4, 0.5) is 4.39 Å². The fourth-order valence-electron chi connectivity index (χ4n) is 2.94. The van der Waals surface area contributed by atoms with E-state index in [0.717, 1.165) is 11.3 Å². The summed E-state index contributed by atoms with van der Waals surface area (Å²) >= 11 is 7.09. The molecule has 3 rings (SSSR count). The topological polar surface area (TPSA) is 81.5 Å². The van der Waals surface area contributed by atoms with Crippen molar-refractivity contribution in [3.8, 4) is 0 Å². The maximum Gasteiger partial charge on any atom is 0.348 e. The Bertz CT molecular complexity index is 1170. The number of fused-ring (bicyclic) bond motifs is 1. The fraction of sp³-hybridized carbons (Fsp3) is 0.300. The number of carbonyl (C=O) groups is 2. The molecule has 0 N–H and O–H groups in total. The Labute approximate surface area is 180 Å². The summed E-state index contributed by atoms with van der Waals surface area (Å²) in [5, 5.41) is 0.494. The standard InChI is InChI=1S/C20H19ClFN3O4S/c1-4-29-20(28)17-11(2)16-18(30-17)23-10-25(19(16)27)9-15(26)24(3)8-12-13(21)6-5-7-14(12)22/h5-7,10H,4,8-9H2,1-3H3. The first-order valence-corrected chi connectivity index (χ1v) is 10.3. The van der Waals surface area contributed by atoms with E-state index in [4.69, 9.17) is 16.3 Å². The Morgan fingerprint density at radius 1 is 1.37 bits per heavy atom. The van der Waals surface area contributed by atoms with Gasteiger partial charge >= 0.3 is 5.97 Å². The third kappa shape index (κ3) is 4.22. The molecular formula is C20H19ClFN3O4S. The van der Waals surface area contributed by atoms with E-state index < -0.39 is 23.3 Å². The van der Waals surface area contributed by atoms with E-state index in [1.807, 2.05) is 0 Å². The summed E-state index contributed by atoms with van der Waals surface area (Å²) in [5.41, 5.74) is 0.234. The van der Waals surface area contributed by atoms with E-state index in [-0.39, 0.29) is 35.7 Å². The van der Waals surface area contributed by atoms with Crippen LogP contribution >= 0.6 is 22.9 Å². The summed E-state index contributed by atoms with van der Waals surface area (Å²) in [7, 11) is 1.50. The molecule has 0 atom stereocenters. The van der Waals surface area contributed by atoms with Crippen molar-refractivity contribution in [2.24, 2.45) is 0 Å². The van der Waals surface area contributed by atoms with Crippen LogP contribution in [0, 0.1) is 12.7 Å². The molecule has 30 heavy (non-hydrogen) atoms. The fourth-order valence-corrected chi connectivity index (χ4v) is 4.19. The number of ether oxygens (including phenoxy) is 1. The van der Waals surface area contributed by atoms with Gasteiger partial charge < -0.3 is 9.64 Å². The third-order valence-electron chi connectivity index (χ3n) is 4.57. The molecule has 0 fully saturated rings. The number of halogens is 2. The number of hydrogen-bond donors (Lipinski definition) is 0. The molecule has 0 spiro atoms. The Balaban J connectivity index is 1.85. The molecule has 158 valence electrons. The van der Waals surface area contributed by atoms with Gasteiger partial charge in [0.1, 0.15) is 22.1 Å². The Morgan fingerprint density at radius 2 is 2.10 bits per heavy atom. The van der Waals surface area contributed by atoms with E-state index in [0.29, 0.717) is 15.3 Å². The third-order valence-corrected chi connectivity index (χ3v) is 6.10. The highest BCUT2D eigenvalue weighted by Crippen LogP contribution is 2.27. The molecule has 10 heteroatoms. The number of amides is 1. The molecule has 2 heterocycles. The van der Waals surface area contributed by atoms with Crippen LogP contribution < -0.4 is 5.56 Å². The summed E-state index contributed by atoms with van der Waals surface area (Å²) in [6.45, 7) is 3.24. The maximum absolute atomic E-state index is 14.0. The van der Waals surface area contributed by atoms with Gasteiger partial charge in [0.15, 0.2) is 0 Å². The number of carbonyl (C=O) groups excluding carboxylic acids is 2. The summed E-state index contributed by atoms with van der Waals surface area (Å²) in [6.07, 6.45) is 1.26. The van der Waals surface area contributed by atoms with Crippen LogP contribution in [-0.2, 0) is 22.6 Å². The number of nitrogens with zero attached hydrogens (tertiary/aromatic N) is 3. The van der Waals surface area contributed by atoms with Gasteiger partial charge in [0.25, 0.3) is 5.56 Å². The van der Waals surface area contributed by atoms with Crippen molar-refractivity contribution in [2.75, 3.05) is 13.7 Å². The molecule has 0 saturated carbocycles. The minimum absolute atomic E-state index is 0.0424. The molecular weight excluding hydrogens is 433 g/mol. The molecule has 0 saturated heterocycles. The number of rotatable bonds is 6. The van der Waals surface area contributed by atoms with Gasteiger partial charge in [0.05, 0.1) is 18.3 Å². The van der Waals surface area contributed by atoms with Crippen LogP contribution in [0.25, 0.3) is 10.2 Å². The minimum atomic E-state index is -0.512. The predicted molar refractivity (Wildman–Crippen MR) is 112 cm³/mol. The minimum Gasteiger partial charge on any atom is -0.462 e. The lowest BCUT2D eigenvalue weighted by Crippen LogP contribution is -2.34. The van der Waals surface area contributed by atoms with Crippen molar-refractivity contribution in [3.63, 3.8) is 0 Å². The van der Waals surface area contributed by atoms with Gasteiger partial charge in [0.2, 0.25) is 5.91 Å². The molecule has 0 bridgehead atoms. The highest BCUT2D eigenvalue weighted by molar-refractivity contribution is 7.20. The van der Waals surface area contributed by atoms with Gasteiger partial charge in [-0.2, -0.15) is 0 Å². The molecule has 0 aliphatic rings. The zero-order valence-corrected chi connectivity index (χ0v) is 18.1. The lowest BCUT2D eigenvalue weighted by molar-refractivity contribution is -0.131. The van der Waals surface area contributed by atoms with Gasteiger partial charge in [-0.3, -0.25) is 14.2 Å². The van der Waals surface area contributed by atoms with Crippen LogP contribution in [0.1, 0.15) is 27.7 Å². The second-order valence-corrected chi connectivity index (χ2v) is 7.99. The van der Waals surface area contributed by atoms with Gasteiger partial charge in [-0.15, -0.1) is 11.3 Å². The van der Waals surface area contributed by atoms with Gasteiger partial charge in [-0.05, 0) is 31.5 Å². The van der Waals surface area contributed by atoms with Gasteiger partial charge in [-0.25, -0.2) is 14.2 Å². The van der Waals surface area contributed by atoms with E-state index in [1.165, 1.54) is 35.0 Å². The number of benzene rings is 1. The second-order valence-electron chi connectivity index (χ2n) is 6.58. The number of likely N-dealkylation sites (N-methyl/N-ethyl adjacent to an activating group) is 1. The molecule has 0 aliphatic carbocycles. The van der Waals surface area contributed by atoms with Crippen LogP contribution in [-0.4, -0.2) is 40.0 Å². The van der Waals surface area contributed by atoms with Crippen LogP contribution in [0.5, 0.6) is 0 Å². The van der Waals surface area contributed by atoms with E-state index in [9.17, 15) is 18.8 Å². The predicted octanol–water partition coefficient (Wildman–Crippen LogP) is 3.39. The monoisotopic (exact) mass is 451 g/mol. The normalized spacial score (nSPS) is 11.0. The molecule has 1 amide bonds. The quantitative estimate of drug-likeness (QED) is 0.536. The zero-order chi connectivity index (χ0) is 22.0. The van der Waals surface area contributed by atoms with Crippen molar-refractivity contribution in [3.05, 3.63) is 61.7 Å². The smallest absolute Gasteiger partial charge is 0.348 e. The Hall–Kier alpha value is -2.78. The Morgan fingerprint density at radius 3 is 2.77 bits per heavy atom.